The van der Waals surface area contributed by atoms with Gasteiger partial charge in [0.2, 0.25) is 15.9 Å². The lowest BCUT2D eigenvalue weighted by molar-refractivity contribution is -0.126. The molecule has 1 fully saturated rings. The zero-order chi connectivity index (χ0) is 15.7. The predicted molar refractivity (Wildman–Crippen MR) is 84.5 cm³/mol. The molecular formula is C14H29N3O3S. The Hall–Kier alpha value is -0.660. The van der Waals surface area contributed by atoms with Crippen molar-refractivity contribution in [3.63, 3.8) is 0 Å². The van der Waals surface area contributed by atoms with E-state index in [1.54, 1.807) is 0 Å². The Kier molecular flexibility index (Phi) is 8.21. The molecule has 0 radical (unpaired) electrons. The van der Waals surface area contributed by atoms with E-state index >= 15 is 0 Å². The van der Waals surface area contributed by atoms with E-state index in [1.807, 2.05) is 7.05 Å². The van der Waals surface area contributed by atoms with Crippen molar-refractivity contribution in [2.75, 3.05) is 39.5 Å². The normalized spacial score (nSPS) is 17.8. The van der Waals surface area contributed by atoms with Gasteiger partial charge in [-0.2, -0.15) is 0 Å². The minimum absolute atomic E-state index is 0.0349. The molecule has 2 N–H and O–H groups in total. The van der Waals surface area contributed by atoms with Crippen LogP contribution >= 0.6 is 0 Å². The number of nitrogens with one attached hydrogen (secondary N) is 2. The number of nitrogens with zero attached hydrogens (tertiary/aromatic N) is 1. The Morgan fingerprint density at radius 2 is 1.67 bits per heavy atom. The van der Waals surface area contributed by atoms with Crippen molar-refractivity contribution >= 4 is 15.9 Å². The molecule has 0 aromatic carbocycles. The van der Waals surface area contributed by atoms with E-state index in [4.69, 9.17) is 0 Å². The minimum atomic E-state index is -3.11. The summed E-state index contributed by atoms with van der Waals surface area (Å²) >= 11 is 0. The SMILES string of the molecule is CNCCCCCCNC(=O)C1CCN(S(C)(=O)=O)CC1. The molecule has 1 heterocycles. The van der Waals surface area contributed by atoms with Gasteiger partial charge in [-0.1, -0.05) is 12.8 Å². The highest BCUT2D eigenvalue weighted by Crippen LogP contribution is 2.19. The monoisotopic (exact) mass is 319 g/mol. The van der Waals surface area contributed by atoms with Crippen molar-refractivity contribution in [1.29, 1.82) is 0 Å². The summed E-state index contributed by atoms with van der Waals surface area (Å²) in [6, 6.07) is 0. The molecule has 124 valence electrons. The number of carbonyl (C=O) groups excluding carboxylic acids is 1. The third-order valence-corrected chi connectivity index (χ3v) is 5.25. The van der Waals surface area contributed by atoms with Gasteiger partial charge in [0, 0.05) is 25.6 Å². The first-order valence-electron chi connectivity index (χ1n) is 7.82. The number of carbonyl (C=O) groups is 1. The first-order valence-corrected chi connectivity index (χ1v) is 9.67. The van der Waals surface area contributed by atoms with Crippen molar-refractivity contribution in [3.05, 3.63) is 0 Å². The topological polar surface area (TPSA) is 78.5 Å². The molecule has 1 rings (SSSR count). The van der Waals surface area contributed by atoms with Crippen LogP contribution in [0.1, 0.15) is 38.5 Å². The molecule has 1 amide bonds. The number of sulfonamides is 1. The second-order valence-corrected chi connectivity index (χ2v) is 7.73. The number of unbranched alkanes of at least 4 members (excludes halogenated alkanes) is 3. The first-order chi connectivity index (χ1) is 9.95. The average Bonchev–Trinajstić information content (AvgIpc) is 2.45. The van der Waals surface area contributed by atoms with Crippen LogP contribution in [-0.2, 0) is 14.8 Å². The fraction of sp³-hybridized carbons (Fsp3) is 0.929. The third-order valence-electron chi connectivity index (χ3n) is 3.95. The van der Waals surface area contributed by atoms with E-state index in [9.17, 15) is 13.2 Å². The van der Waals surface area contributed by atoms with E-state index in [0.717, 1.165) is 25.9 Å². The molecule has 0 aliphatic carbocycles. The number of hydrogen-bond acceptors (Lipinski definition) is 4. The highest BCUT2D eigenvalue weighted by Gasteiger charge is 2.28. The molecule has 0 atom stereocenters. The maximum Gasteiger partial charge on any atom is 0.223 e. The number of amides is 1. The number of rotatable bonds is 9. The van der Waals surface area contributed by atoms with E-state index in [2.05, 4.69) is 10.6 Å². The molecule has 0 saturated carbocycles. The second-order valence-electron chi connectivity index (χ2n) is 5.75. The molecule has 21 heavy (non-hydrogen) atoms. The van der Waals surface area contributed by atoms with Gasteiger partial charge >= 0.3 is 0 Å². The fourth-order valence-electron chi connectivity index (χ4n) is 2.59. The molecule has 6 nitrogen and oxygen atoms in total. The molecule has 7 heteroatoms. The van der Waals surface area contributed by atoms with Crippen LogP contribution in [-0.4, -0.2) is 58.1 Å². The molecule has 1 saturated heterocycles. The molecule has 0 aromatic rings. The van der Waals surface area contributed by atoms with Gasteiger partial charge in [0.25, 0.3) is 0 Å². The zero-order valence-corrected chi connectivity index (χ0v) is 14.0. The van der Waals surface area contributed by atoms with Gasteiger partial charge in [-0.05, 0) is 39.3 Å². The van der Waals surface area contributed by atoms with Crippen LogP contribution in [0.15, 0.2) is 0 Å². The Morgan fingerprint density at radius 1 is 1.10 bits per heavy atom. The summed E-state index contributed by atoms with van der Waals surface area (Å²) < 4.78 is 24.3. The highest BCUT2D eigenvalue weighted by molar-refractivity contribution is 7.88. The van der Waals surface area contributed by atoms with Crippen LogP contribution < -0.4 is 10.6 Å². The first kappa shape index (κ1) is 18.4. The molecule has 0 aromatic heterocycles. The van der Waals surface area contributed by atoms with Gasteiger partial charge in [0.1, 0.15) is 0 Å². The highest BCUT2D eigenvalue weighted by atomic mass is 32.2. The van der Waals surface area contributed by atoms with Crippen molar-refractivity contribution < 1.29 is 13.2 Å². The molecule has 1 aliphatic rings. The summed E-state index contributed by atoms with van der Waals surface area (Å²) in [7, 11) is -1.16. The summed E-state index contributed by atoms with van der Waals surface area (Å²) in [6.07, 6.45) is 6.98. The molecule has 0 unspecified atom stereocenters. The summed E-state index contributed by atoms with van der Waals surface area (Å²) in [6.45, 7) is 2.69. The summed E-state index contributed by atoms with van der Waals surface area (Å²) in [5.74, 6) is 0.0469. The smallest absolute Gasteiger partial charge is 0.223 e. The van der Waals surface area contributed by atoms with Crippen LogP contribution in [0, 0.1) is 5.92 Å². The standard InChI is InChI=1S/C14H29N3O3S/c1-15-9-5-3-4-6-10-16-14(18)13-7-11-17(12-8-13)21(2,19)20/h13,15H,3-12H2,1-2H3,(H,16,18). The summed E-state index contributed by atoms with van der Waals surface area (Å²) in [5, 5.41) is 6.09. The lowest BCUT2D eigenvalue weighted by Crippen LogP contribution is -2.42. The molecule has 0 spiro atoms. The summed E-state index contributed by atoms with van der Waals surface area (Å²) in [4.78, 5) is 12.0. The van der Waals surface area contributed by atoms with Crippen LogP contribution in [0.25, 0.3) is 0 Å². The average molecular weight is 319 g/mol. The van der Waals surface area contributed by atoms with Gasteiger partial charge in [-0.15, -0.1) is 0 Å². The van der Waals surface area contributed by atoms with Gasteiger partial charge in [0.15, 0.2) is 0 Å². The maximum atomic E-state index is 12.0. The predicted octanol–water partition coefficient (Wildman–Crippen LogP) is 0.554. The van der Waals surface area contributed by atoms with Gasteiger partial charge in [-0.25, -0.2) is 12.7 Å². The molecule has 0 bridgehead atoms. The van der Waals surface area contributed by atoms with E-state index in [1.165, 1.54) is 23.4 Å². The minimum Gasteiger partial charge on any atom is -0.356 e. The van der Waals surface area contributed by atoms with Crippen molar-refractivity contribution in [2.24, 2.45) is 5.92 Å². The lowest BCUT2D eigenvalue weighted by atomic mass is 9.97. The summed E-state index contributed by atoms with van der Waals surface area (Å²) in [5.41, 5.74) is 0. The Balaban J connectivity index is 2.11. The number of piperidine rings is 1. The van der Waals surface area contributed by atoms with E-state index in [0.29, 0.717) is 25.9 Å². The number of hydrogen-bond donors (Lipinski definition) is 2. The Labute approximate surface area is 128 Å². The Morgan fingerprint density at radius 3 is 2.19 bits per heavy atom. The lowest BCUT2D eigenvalue weighted by Gasteiger charge is -2.29. The van der Waals surface area contributed by atoms with Crippen LogP contribution in [0.5, 0.6) is 0 Å². The van der Waals surface area contributed by atoms with Crippen LogP contribution in [0.3, 0.4) is 0 Å². The van der Waals surface area contributed by atoms with Crippen LogP contribution in [0.2, 0.25) is 0 Å². The zero-order valence-electron chi connectivity index (χ0n) is 13.2. The Bertz CT molecular complexity index is 404. The second kappa shape index (κ2) is 9.38. The van der Waals surface area contributed by atoms with Crippen molar-refractivity contribution in [1.82, 2.24) is 14.9 Å². The van der Waals surface area contributed by atoms with Crippen molar-refractivity contribution in [3.8, 4) is 0 Å². The largest absolute Gasteiger partial charge is 0.356 e. The van der Waals surface area contributed by atoms with Gasteiger partial charge in [0.05, 0.1) is 6.26 Å². The van der Waals surface area contributed by atoms with Crippen LogP contribution in [0.4, 0.5) is 0 Å². The van der Waals surface area contributed by atoms with Gasteiger partial charge < -0.3 is 10.6 Å². The molecule has 1 aliphatic heterocycles. The van der Waals surface area contributed by atoms with Gasteiger partial charge in [-0.3, -0.25) is 4.79 Å². The maximum absolute atomic E-state index is 12.0. The fourth-order valence-corrected chi connectivity index (χ4v) is 3.46. The van der Waals surface area contributed by atoms with E-state index < -0.39 is 10.0 Å². The van der Waals surface area contributed by atoms with E-state index in [-0.39, 0.29) is 11.8 Å². The third kappa shape index (κ3) is 7.24. The molecular weight excluding hydrogens is 290 g/mol. The quantitative estimate of drug-likeness (QED) is 0.609. The van der Waals surface area contributed by atoms with Crippen molar-refractivity contribution in [2.45, 2.75) is 38.5 Å².